The van der Waals surface area contributed by atoms with Gasteiger partial charge < -0.3 is 5.32 Å². The summed E-state index contributed by atoms with van der Waals surface area (Å²) in [5.74, 6) is 0.265. The number of amides is 2. The first-order chi connectivity index (χ1) is 12.1. The minimum absolute atomic E-state index is 0.163. The van der Waals surface area contributed by atoms with Gasteiger partial charge in [0.25, 0.3) is 5.91 Å². The normalized spacial score (nSPS) is 13.5. The van der Waals surface area contributed by atoms with Gasteiger partial charge in [0.15, 0.2) is 0 Å². The van der Waals surface area contributed by atoms with Crippen LogP contribution in [-0.4, -0.2) is 18.4 Å². The van der Waals surface area contributed by atoms with E-state index in [0.717, 1.165) is 22.4 Å². The van der Waals surface area contributed by atoms with E-state index >= 15 is 0 Å². The maximum Gasteiger partial charge on any atom is 0.287 e. The smallest absolute Gasteiger partial charge is 0.287 e. The SMILES string of the molecule is O=C(Cc1ccc(Br)cc1)Nc1ccsc1C(=O)NOCCC1CC1. The van der Waals surface area contributed by atoms with Gasteiger partial charge in [-0.2, -0.15) is 0 Å². The van der Waals surface area contributed by atoms with Gasteiger partial charge in [-0.05, 0) is 41.5 Å². The van der Waals surface area contributed by atoms with Crippen LogP contribution in [-0.2, 0) is 16.1 Å². The summed E-state index contributed by atoms with van der Waals surface area (Å²) >= 11 is 4.64. The van der Waals surface area contributed by atoms with Crippen molar-refractivity contribution in [2.24, 2.45) is 5.92 Å². The summed E-state index contributed by atoms with van der Waals surface area (Å²) in [5, 5.41) is 4.57. The molecule has 0 bridgehead atoms. The average Bonchev–Trinajstić information content (AvgIpc) is 3.31. The number of nitrogens with one attached hydrogen (secondary N) is 2. The van der Waals surface area contributed by atoms with Gasteiger partial charge in [-0.25, -0.2) is 5.48 Å². The Morgan fingerprint density at radius 1 is 1.20 bits per heavy atom. The highest BCUT2D eigenvalue weighted by atomic mass is 79.9. The van der Waals surface area contributed by atoms with Crippen LogP contribution in [0.25, 0.3) is 0 Å². The molecule has 0 radical (unpaired) electrons. The third-order valence-electron chi connectivity index (χ3n) is 3.91. The van der Waals surface area contributed by atoms with Gasteiger partial charge in [-0.15, -0.1) is 11.3 Å². The molecule has 0 saturated heterocycles. The molecule has 0 aliphatic heterocycles. The maximum absolute atomic E-state index is 12.2. The van der Waals surface area contributed by atoms with Crippen molar-refractivity contribution >= 4 is 44.8 Å². The predicted molar refractivity (Wildman–Crippen MR) is 102 cm³/mol. The molecule has 7 heteroatoms. The zero-order chi connectivity index (χ0) is 17.6. The zero-order valence-corrected chi connectivity index (χ0v) is 16.0. The summed E-state index contributed by atoms with van der Waals surface area (Å²) < 4.78 is 0.968. The fourth-order valence-corrected chi connectivity index (χ4v) is 3.36. The number of anilines is 1. The van der Waals surface area contributed by atoms with Crippen molar-refractivity contribution in [2.45, 2.75) is 25.7 Å². The monoisotopic (exact) mass is 422 g/mol. The second kappa shape index (κ2) is 8.60. The average molecular weight is 423 g/mol. The summed E-state index contributed by atoms with van der Waals surface area (Å²) in [6.45, 7) is 0.521. The molecule has 1 saturated carbocycles. The minimum Gasteiger partial charge on any atom is -0.324 e. The molecule has 0 atom stereocenters. The Morgan fingerprint density at radius 3 is 2.68 bits per heavy atom. The molecule has 25 heavy (non-hydrogen) atoms. The fourth-order valence-electron chi connectivity index (χ4n) is 2.36. The number of hydrogen-bond acceptors (Lipinski definition) is 4. The van der Waals surface area contributed by atoms with Crippen LogP contribution in [0.3, 0.4) is 0 Å². The maximum atomic E-state index is 12.2. The number of thiophene rings is 1. The van der Waals surface area contributed by atoms with E-state index in [9.17, 15) is 9.59 Å². The molecule has 1 aromatic carbocycles. The van der Waals surface area contributed by atoms with E-state index in [4.69, 9.17) is 4.84 Å². The lowest BCUT2D eigenvalue weighted by atomic mass is 10.1. The van der Waals surface area contributed by atoms with Crippen molar-refractivity contribution in [3.63, 3.8) is 0 Å². The first-order valence-corrected chi connectivity index (χ1v) is 9.83. The molecular formula is C18H19BrN2O3S. The van der Waals surface area contributed by atoms with Crippen LogP contribution in [0.5, 0.6) is 0 Å². The first kappa shape index (κ1) is 18.1. The van der Waals surface area contributed by atoms with Gasteiger partial charge in [0.05, 0.1) is 18.7 Å². The Kier molecular flexibility index (Phi) is 6.23. The largest absolute Gasteiger partial charge is 0.324 e. The number of carbonyl (C=O) groups is 2. The van der Waals surface area contributed by atoms with Crippen LogP contribution in [0.2, 0.25) is 0 Å². The zero-order valence-electron chi connectivity index (χ0n) is 13.6. The molecule has 0 unspecified atom stereocenters. The molecule has 1 aliphatic rings. The van der Waals surface area contributed by atoms with E-state index < -0.39 is 0 Å². The molecule has 1 fully saturated rings. The molecular weight excluding hydrogens is 404 g/mol. The summed E-state index contributed by atoms with van der Waals surface area (Å²) in [7, 11) is 0. The van der Waals surface area contributed by atoms with Crippen molar-refractivity contribution in [2.75, 3.05) is 11.9 Å². The second-order valence-electron chi connectivity index (χ2n) is 6.03. The highest BCUT2D eigenvalue weighted by Crippen LogP contribution is 2.32. The quantitative estimate of drug-likeness (QED) is 0.495. The molecule has 1 heterocycles. The van der Waals surface area contributed by atoms with E-state index in [1.807, 2.05) is 24.3 Å². The number of benzene rings is 1. The lowest BCUT2D eigenvalue weighted by molar-refractivity contribution is -0.115. The third kappa shape index (κ3) is 5.66. The van der Waals surface area contributed by atoms with E-state index in [0.29, 0.717) is 17.2 Å². The standard InChI is InChI=1S/C18H19BrN2O3S/c19-14-5-3-13(4-6-14)11-16(22)20-15-8-10-25-17(15)18(23)21-24-9-7-12-1-2-12/h3-6,8,10,12H,1-2,7,9,11H2,(H,20,22)(H,21,23). The summed E-state index contributed by atoms with van der Waals surface area (Å²) in [4.78, 5) is 30.0. The minimum atomic E-state index is -0.329. The molecule has 2 aromatic rings. The molecule has 5 nitrogen and oxygen atoms in total. The van der Waals surface area contributed by atoms with Crippen LogP contribution < -0.4 is 10.8 Å². The van der Waals surface area contributed by atoms with E-state index in [-0.39, 0.29) is 18.2 Å². The van der Waals surface area contributed by atoms with Crippen molar-refractivity contribution in [3.8, 4) is 0 Å². The van der Waals surface area contributed by atoms with Gasteiger partial charge >= 0.3 is 0 Å². The van der Waals surface area contributed by atoms with Gasteiger partial charge in [0, 0.05) is 4.47 Å². The predicted octanol–water partition coefficient (Wildman–Crippen LogP) is 4.15. The number of carbonyl (C=O) groups excluding carboxylic acids is 2. The molecule has 2 amide bonds. The topological polar surface area (TPSA) is 67.4 Å². The van der Waals surface area contributed by atoms with Crippen molar-refractivity contribution < 1.29 is 14.4 Å². The van der Waals surface area contributed by atoms with E-state index in [1.54, 1.807) is 11.4 Å². The lowest BCUT2D eigenvalue weighted by Gasteiger charge is -2.08. The first-order valence-electron chi connectivity index (χ1n) is 8.16. The van der Waals surface area contributed by atoms with Crippen molar-refractivity contribution in [3.05, 3.63) is 50.6 Å². The highest BCUT2D eigenvalue weighted by molar-refractivity contribution is 9.10. The van der Waals surface area contributed by atoms with Crippen LogP contribution in [0, 0.1) is 5.92 Å². The van der Waals surface area contributed by atoms with Crippen LogP contribution >= 0.6 is 27.3 Å². The molecule has 132 valence electrons. The summed E-state index contributed by atoms with van der Waals surface area (Å²) in [6.07, 6.45) is 3.75. The van der Waals surface area contributed by atoms with Gasteiger partial charge in [0.1, 0.15) is 4.88 Å². The lowest BCUT2D eigenvalue weighted by Crippen LogP contribution is -2.25. The van der Waals surface area contributed by atoms with E-state index in [2.05, 4.69) is 26.7 Å². The molecule has 1 aromatic heterocycles. The molecule has 3 rings (SSSR count). The number of halogens is 1. The molecule has 2 N–H and O–H groups in total. The van der Waals surface area contributed by atoms with Crippen LogP contribution in [0.1, 0.15) is 34.5 Å². The highest BCUT2D eigenvalue weighted by Gasteiger charge is 2.21. The number of hydroxylamine groups is 1. The van der Waals surface area contributed by atoms with Gasteiger partial charge in [-0.3, -0.25) is 14.4 Å². The Labute approximate surface area is 158 Å². The van der Waals surface area contributed by atoms with Crippen molar-refractivity contribution in [1.29, 1.82) is 0 Å². The number of rotatable bonds is 8. The van der Waals surface area contributed by atoms with Gasteiger partial charge in [-0.1, -0.05) is 40.9 Å². The molecule has 1 aliphatic carbocycles. The Bertz CT molecular complexity index is 741. The van der Waals surface area contributed by atoms with Crippen LogP contribution in [0.15, 0.2) is 40.2 Å². The van der Waals surface area contributed by atoms with Crippen LogP contribution in [0.4, 0.5) is 5.69 Å². The Hall–Kier alpha value is -1.70. The van der Waals surface area contributed by atoms with Crippen molar-refractivity contribution in [1.82, 2.24) is 5.48 Å². The second-order valence-corrected chi connectivity index (χ2v) is 7.86. The summed E-state index contributed by atoms with van der Waals surface area (Å²) in [6, 6.07) is 9.29. The number of hydrogen-bond donors (Lipinski definition) is 2. The van der Waals surface area contributed by atoms with E-state index in [1.165, 1.54) is 24.2 Å². The fraction of sp³-hybridized carbons (Fsp3) is 0.333. The van der Waals surface area contributed by atoms with Gasteiger partial charge in [0.2, 0.25) is 5.91 Å². The Balaban J connectivity index is 1.50. The molecule has 0 spiro atoms. The summed E-state index contributed by atoms with van der Waals surface area (Å²) in [5.41, 5.74) is 3.87. The third-order valence-corrected chi connectivity index (χ3v) is 5.36. The Morgan fingerprint density at radius 2 is 1.96 bits per heavy atom.